The number of esters is 1. The van der Waals surface area contributed by atoms with E-state index in [1.807, 2.05) is 56.3 Å². The standard InChI is InChI=1S/C37H41N5O8/c1-17(2)26-33-42-27(32-39-24(16-47-32)34(46)50-36(5,6)7)29(49-33)37-20-10-8-9-11-22(20)40-35(37)48-25-13-12-19(14-21(25)37)15-23(30(44)41-26)38-31(45)28(43)18(3)4/h8-14,16-18,23,26,28,35,40,43H,15H2,1-7H3,(H,38,45)(H,41,44)/t23-,26-,28-,35?,37?/m0/s1. The van der Waals surface area contributed by atoms with E-state index in [2.05, 4.69) is 20.9 Å². The van der Waals surface area contributed by atoms with Crippen LogP contribution in [0.2, 0.25) is 0 Å². The molecule has 4 N–H and O–H groups in total. The number of aliphatic hydroxyl groups is 1. The van der Waals surface area contributed by atoms with Gasteiger partial charge in [-0.3, -0.25) is 9.59 Å². The first kappa shape index (κ1) is 33.3. The summed E-state index contributed by atoms with van der Waals surface area (Å²) in [6.07, 6.45) is -0.610. The average Bonchev–Trinajstić information content (AvgIpc) is 3.82. The molecule has 0 saturated carbocycles. The summed E-state index contributed by atoms with van der Waals surface area (Å²) in [5.41, 5.74) is 1.49. The second-order valence-corrected chi connectivity index (χ2v) is 14.8. The molecule has 2 unspecified atom stereocenters. The molecule has 0 radical (unpaired) electrons. The van der Waals surface area contributed by atoms with Crippen molar-refractivity contribution in [1.29, 1.82) is 0 Å². The smallest absolute Gasteiger partial charge is 0.360 e. The number of rotatable bonds is 6. The van der Waals surface area contributed by atoms with Crippen molar-refractivity contribution in [2.75, 3.05) is 5.32 Å². The van der Waals surface area contributed by atoms with Gasteiger partial charge >= 0.3 is 5.97 Å². The van der Waals surface area contributed by atoms with E-state index in [0.717, 1.165) is 22.4 Å². The fraction of sp³-hybridized carbons (Fsp3) is 0.432. The van der Waals surface area contributed by atoms with Gasteiger partial charge in [-0.15, -0.1) is 0 Å². The van der Waals surface area contributed by atoms with Crippen LogP contribution in [0.3, 0.4) is 0 Å². The summed E-state index contributed by atoms with van der Waals surface area (Å²) < 4.78 is 24.9. The van der Waals surface area contributed by atoms with Gasteiger partial charge in [-0.25, -0.2) is 14.8 Å². The Hall–Kier alpha value is -5.17. The molecule has 4 aromatic rings. The molecule has 2 amide bonds. The molecule has 0 aliphatic carbocycles. The van der Waals surface area contributed by atoms with Crippen LogP contribution in [-0.2, 0) is 26.2 Å². The summed E-state index contributed by atoms with van der Waals surface area (Å²) in [5, 5.41) is 19.9. The van der Waals surface area contributed by atoms with Crippen molar-refractivity contribution in [3.8, 4) is 17.3 Å². The number of ether oxygens (including phenoxy) is 2. The molecule has 2 aromatic heterocycles. The SMILES string of the molecule is CC(C)[C@H](O)C(=O)N[C@H]1Cc2ccc3c(c2)C2(c4ccccc4NC2O3)c2oc(nc2-c2nc(C(=O)OC(C)(C)C)co2)[C@H](C(C)C)NC1=O. The Kier molecular flexibility index (Phi) is 8.00. The van der Waals surface area contributed by atoms with Crippen LogP contribution in [0.1, 0.15) is 93.3 Å². The number of hydrogen-bond acceptors (Lipinski definition) is 11. The minimum Gasteiger partial charge on any atom is -0.469 e. The van der Waals surface area contributed by atoms with Crippen molar-refractivity contribution >= 4 is 23.5 Å². The van der Waals surface area contributed by atoms with Gasteiger partial charge in [0.15, 0.2) is 23.4 Å². The molecule has 13 heteroatoms. The second kappa shape index (κ2) is 12.0. The number of carbonyl (C=O) groups is 3. The third kappa shape index (κ3) is 5.49. The van der Waals surface area contributed by atoms with Gasteiger partial charge in [0.05, 0.1) is 0 Å². The van der Waals surface area contributed by atoms with Crippen LogP contribution in [0.5, 0.6) is 5.75 Å². The van der Waals surface area contributed by atoms with Crippen molar-refractivity contribution in [3.05, 3.63) is 82.8 Å². The maximum absolute atomic E-state index is 14.0. The largest absolute Gasteiger partial charge is 0.469 e. The number of anilines is 1. The van der Waals surface area contributed by atoms with E-state index in [4.69, 9.17) is 23.3 Å². The number of amides is 2. The number of nitrogens with zero attached hydrogens (tertiary/aromatic N) is 2. The Balaban J connectivity index is 1.45. The molecule has 1 spiro atoms. The predicted octanol–water partition coefficient (Wildman–Crippen LogP) is 4.63. The average molecular weight is 684 g/mol. The molecule has 262 valence electrons. The first-order valence-corrected chi connectivity index (χ1v) is 16.8. The Morgan fingerprint density at radius 1 is 1.06 bits per heavy atom. The number of aliphatic hydroxyl groups excluding tert-OH is 1. The van der Waals surface area contributed by atoms with Gasteiger partial charge in [0.2, 0.25) is 23.6 Å². The fourth-order valence-corrected chi connectivity index (χ4v) is 6.81. The van der Waals surface area contributed by atoms with Crippen LogP contribution < -0.4 is 20.7 Å². The van der Waals surface area contributed by atoms with Crippen LogP contribution >= 0.6 is 0 Å². The van der Waals surface area contributed by atoms with E-state index in [-0.39, 0.29) is 41.4 Å². The van der Waals surface area contributed by atoms with Crippen molar-refractivity contribution in [2.45, 2.75) is 90.3 Å². The van der Waals surface area contributed by atoms with E-state index in [1.165, 1.54) is 6.26 Å². The molecule has 5 atom stereocenters. The lowest BCUT2D eigenvalue weighted by atomic mass is 9.72. The quantitative estimate of drug-likeness (QED) is 0.208. The molecular formula is C37H41N5O8. The second-order valence-electron chi connectivity index (χ2n) is 14.8. The molecule has 5 heterocycles. The zero-order valence-electron chi connectivity index (χ0n) is 29.0. The maximum Gasteiger partial charge on any atom is 0.360 e. The summed E-state index contributed by atoms with van der Waals surface area (Å²) in [5.74, 6) is -1.22. The minimum absolute atomic E-state index is 0.0227. The Bertz CT molecular complexity index is 1990. The fourth-order valence-electron chi connectivity index (χ4n) is 6.81. The highest BCUT2D eigenvalue weighted by Crippen LogP contribution is 2.59. The first-order valence-electron chi connectivity index (χ1n) is 16.8. The molecule has 13 nitrogen and oxygen atoms in total. The lowest BCUT2D eigenvalue weighted by Crippen LogP contribution is -2.52. The molecular weight excluding hydrogens is 642 g/mol. The molecule has 4 bridgehead atoms. The Labute approximate surface area is 289 Å². The minimum atomic E-state index is -1.30. The number of fused-ring (bicyclic) bond motifs is 4. The van der Waals surface area contributed by atoms with Gasteiger partial charge in [-0.1, -0.05) is 58.0 Å². The summed E-state index contributed by atoms with van der Waals surface area (Å²) in [4.78, 5) is 49.6. The molecule has 0 saturated heterocycles. The zero-order chi connectivity index (χ0) is 35.7. The number of para-hydroxylation sites is 1. The number of oxazole rings is 2. The molecule has 3 aliphatic rings. The van der Waals surface area contributed by atoms with E-state index in [9.17, 15) is 19.5 Å². The number of hydrogen-bond donors (Lipinski definition) is 4. The zero-order valence-corrected chi connectivity index (χ0v) is 29.0. The summed E-state index contributed by atoms with van der Waals surface area (Å²) in [6, 6.07) is 11.6. The highest BCUT2D eigenvalue weighted by atomic mass is 16.6. The monoisotopic (exact) mass is 683 g/mol. The predicted molar refractivity (Wildman–Crippen MR) is 180 cm³/mol. The van der Waals surface area contributed by atoms with Gasteiger partial charge < -0.3 is 39.4 Å². The number of benzene rings is 2. The summed E-state index contributed by atoms with van der Waals surface area (Å²) in [6.45, 7) is 12.6. The molecule has 7 rings (SSSR count). The van der Waals surface area contributed by atoms with Gasteiger partial charge in [-0.2, -0.15) is 0 Å². The van der Waals surface area contributed by atoms with Crippen molar-refractivity contribution in [3.63, 3.8) is 0 Å². The van der Waals surface area contributed by atoms with Crippen molar-refractivity contribution in [1.82, 2.24) is 20.6 Å². The maximum atomic E-state index is 14.0. The number of aromatic nitrogens is 2. The Morgan fingerprint density at radius 3 is 2.54 bits per heavy atom. The van der Waals surface area contributed by atoms with Gasteiger partial charge in [-0.05, 0) is 55.9 Å². The summed E-state index contributed by atoms with van der Waals surface area (Å²) >= 11 is 0. The van der Waals surface area contributed by atoms with Crippen LogP contribution in [-0.4, -0.2) is 56.8 Å². The van der Waals surface area contributed by atoms with Crippen LogP contribution in [0, 0.1) is 11.8 Å². The normalized spacial score (nSPS) is 22.8. The lowest BCUT2D eigenvalue weighted by Gasteiger charge is -2.29. The van der Waals surface area contributed by atoms with Gasteiger partial charge in [0.25, 0.3) is 0 Å². The number of nitrogens with one attached hydrogen (secondary N) is 3. The molecule has 0 fully saturated rings. The Morgan fingerprint density at radius 2 is 1.82 bits per heavy atom. The number of carbonyl (C=O) groups excluding carboxylic acids is 3. The van der Waals surface area contributed by atoms with E-state index in [0.29, 0.717) is 11.5 Å². The lowest BCUT2D eigenvalue weighted by molar-refractivity contribution is -0.135. The molecule has 2 aromatic carbocycles. The highest BCUT2D eigenvalue weighted by Gasteiger charge is 2.61. The third-order valence-corrected chi connectivity index (χ3v) is 9.27. The van der Waals surface area contributed by atoms with E-state index in [1.54, 1.807) is 34.6 Å². The first-order chi connectivity index (χ1) is 23.7. The van der Waals surface area contributed by atoms with Gasteiger partial charge in [0, 0.05) is 17.7 Å². The van der Waals surface area contributed by atoms with Crippen LogP contribution in [0.4, 0.5) is 5.69 Å². The van der Waals surface area contributed by atoms with E-state index >= 15 is 0 Å². The third-order valence-electron chi connectivity index (χ3n) is 9.27. The molecule has 50 heavy (non-hydrogen) atoms. The summed E-state index contributed by atoms with van der Waals surface area (Å²) in [7, 11) is 0. The van der Waals surface area contributed by atoms with E-state index < -0.39 is 53.2 Å². The molecule has 3 aliphatic heterocycles. The van der Waals surface area contributed by atoms with Crippen molar-refractivity contribution in [2.24, 2.45) is 11.8 Å². The van der Waals surface area contributed by atoms with Crippen LogP contribution in [0.15, 0.2) is 57.6 Å². The van der Waals surface area contributed by atoms with Crippen LogP contribution in [0.25, 0.3) is 11.6 Å². The van der Waals surface area contributed by atoms with Gasteiger partial charge in [0.1, 0.15) is 41.2 Å². The topological polar surface area (TPSA) is 178 Å². The highest BCUT2D eigenvalue weighted by molar-refractivity contribution is 5.90. The van der Waals surface area contributed by atoms with Crippen molar-refractivity contribution < 1.29 is 37.8 Å².